The Labute approximate surface area is 608 Å². The summed E-state index contributed by atoms with van der Waals surface area (Å²) in [5.74, 6) is 2.62. The Hall–Kier alpha value is -13.3. The van der Waals surface area contributed by atoms with Gasteiger partial charge in [0.05, 0.1) is 33.5 Å². The second kappa shape index (κ2) is 26.7. The summed E-state index contributed by atoms with van der Waals surface area (Å²) in [6.45, 7) is 0. The summed E-state index contributed by atoms with van der Waals surface area (Å²) in [6.07, 6.45) is 0. The Morgan fingerprint density at radius 2 is 0.519 bits per heavy atom. The molecule has 7 nitrogen and oxygen atoms in total. The molecule has 20 aromatic rings. The van der Waals surface area contributed by atoms with E-state index in [9.17, 15) is 0 Å². The molecular formula is C95H61N7S2. The van der Waals surface area contributed by atoms with Crippen molar-refractivity contribution in [2.45, 2.75) is 0 Å². The van der Waals surface area contributed by atoms with E-state index in [0.29, 0.717) is 23.3 Å². The minimum absolute atomic E-state index is 0.631. The first-order valence-corrected chi connectivity index (χ1v) is 36.5. The van der Waals surface area contributed by atoms with Gasteiger partial charge in [-0.3, -0.25) is 0 Å². The van der Waals surface area contributed by atoms with E-state index in [0.717, 1.165) is 67.2 Å². The quantitative estimate of drug-likeness (QED) is 0.122. The molecule has 488 valence electrons. The van der Waals surface area contributed by atoms with Crippen molar-refractivity contribution in [3.05, 3.63) is 370 Å². The number of hydrogen-bond donors (Lipinski definition) is 0. The Kier molecular flexibility index (Phi) is 15.8. The monoisotopic (exact) mass is 1360 g/mol. The Balaban J connectivity index is 0.000000143. The van der Waals surface area contributed by atoms with Crippen molar-refractivity contribution >= 4 is 86.5 Å². The summed E-state index contributed by atoms with van der Waals surface area (Å²) in [5.41, 5.74) is 21.7. The fraction of sp³-hybridized carbons (Fsp3) is 0. The molecule has 0 saturated carbocycles. The van der Waals surface area contributed by atoms with Gasteiger partial charge in [-0.05, 0) is 111 Å². The molecule has 0 bridgehead atoms. The lowest BCUT2D eigenvalue weighted by Crippen LogP contribution is -2.01. The van der Waals surface area contributed by atoms with Gasteiger partial charge in [-0.25, -0.2) is 24.9 Å². The van der Waals surface area contributed by atoms with Crippen molar-refractivity contribution in [1.82, 2.24) is 34.1 Å². The molecule has 0 amide bonds. The highest BCUT2D eigenvalue weighted by Gasteiger charge is 2.22. The van der Waals surface area contributed by atoms with E-state index in [1.807, 2.05) is 83.3 Å². The molecule has 0 unspecified atom stereocenters. The van der Waals surface area contributed by atoms with Crippen LogP contribution in [0.5, 0.6) is 0 Å². The van der Waals surface area contributed by atoms with Crippen LogP contribution in [0, 0.1) is 0 Å². The summed E-state index contributed by atoms with van der Waals surface area (Å²) >= 11 is 3.73. The van der Waals surface area contributed by atoms with Gasteiger partial charge in [0.15, 0.2) is 23.3 Å². The normalized spacial score (nSPS) is 11.5. The lowest BCUT2D eigenvalue weighted by molar-refractivity contribution is 1.07. The standard InChI is InChI=1S/C48H31N3S.C47H30N4S/c1-4-13-32(14-5-1)33-23-25-34(26-24-33)41-31-42(50-48(49-41)36-17-8-3-9-18-36)37-19-12-20-39(29-37)51-43-22-11-10-21-40(43)46-44(51)28-27-38-30-45(52-47(38)46)35-15-6-2-7-16-35;1-4-13-31(14-5-1)32-23-25-35(26-24-32)46-48-45(34-17-8-3-9-18-34)49-47(50-46)37-19-12-20-38(29-37)51-40-22-11-10-21-39(40)43-41(51)28-27-36-30-42(52-44(36)43)33-15-6-2-7-16-33/h1-31H;1-30H. The van der Waals surface area contributed by atoms with E-state index in [-0.39, 0.29) is 0 Å². The molecule has 0 atom stereocenters. The van der Waals surface area contributed by atoms with Gasteiger partial charge in [-0.1, -0.05) is 303 Å². The van der Waals surface area contributed by atoms with E-state index < -0.39 is 0 Å². The molecular weight excluding hydrogens is 1300 g/mol. The number of aromatic nitrogens is 7. The van der Waals surface area contributed by atoms with Gasteiger partial charge in [0, 0.05) is 85.5 Å². The Bertz CT molecular complexity index is 6150. The smallest absolute Gasteiger partial charge is 0.164 e. The van der Waals surface area contributed by atoms with Gasteiger partial charge in [-0.2, -0.15) is 0 Å². The predicted molar refractivity (Wildman–Crippen MR) is 436 cm³/mol. The number of hydrogen-bond acceptors (Lipinski definition) is 7. The van der Waals surface area contributed by atoms with Gasteiger partial charge in [-0.15, -0.1) is 22.7 Å². The summed E-state index contributed by atoms with van der Waals surface area (Å²) in [5, 5.41) is 7.59. The summed E-state index contributed by atoms with van der Waals surface area (Å²) in [4.78, 5) is 27.9. The van der Waals surface area contributed by atoms with Crippen molar-refractivity contribution in [3.8, 4) is 123 Å². The van der Waals surface area contributed by atoms with Gasteiger partial charge in [0.25, 0.3) is 0 Å². The van der Waals surface area contributed by atoms with Crippen LogP contribution in [0.15, 0.2) is 370 Å². The van der Waals surface area contributed by atoms with E-state index in [4.69, 9.17) is 24.9 Å². The molecule has 20 rings (SSSR count). The third kappa shape index (κ3) is 11.6. The molecule has 0 N–H and O–H groups in total. The molecule has 0 aliphatic rings. The summed E-state index contributed by atoms with van der Waals surface area (Å²) in [7, 11) is 0. The van der Waals surface area contributed by atoms with E-state index in [2.05, 4.69) is 319 Å². The zero-order valence-electron chi connectivity index (χ0n) is 56.2. The Morgan fingerprint density at radius 3 is 0.971 bits per heavy atom. The van der Waals surface area contributed by atoms with Gasteiger partial charge in [0.2, 0.25) is 0 Å². The molecule has 9 heteroatoms. The number of benzene rings is 14. The molecule has 14 aromatic carbocycles. The summed E-state index contributed by atoms with van der Waals surface area (Å²) in [6, 6.07) is 130. The van der Waals surface area contributed by atoms with Crippen LogP contribution in [0.25, 0.3) is 186 Å². The first-order valence-electron chi connectivity index (χ1n) is 34.9. The van der Waals surface area contributed by atoms with Crippen molar-refractivity contribution in [1.29, 1.82) is 0 Å². The Morgan fingerprint density at radius 1 is 0.202 bits per heavy atom. The highest BCUT2D eigenvalue weighted by molar-refractivity contribution is 7.23. The number of fused-ring (bicyclic) bond motifs is 10. The molecule has 0 radical (unpaired) electrons. The highest BCUT2D eigenvalue weighted by Crippen LogP contribution is 2.46. The third-order valence-corrected chi connectivity index (χ3v) is 21.9. The minimum Gasteiger partial charge on any atom is -0.309 e. The van der Waals surface area contributed by atoms with Gasteiger partial charge >= 0.3 is 0 Å². The van der Waals surface area contributed by atoms with Crippen LogP contribution in [-0.2, 0) is 0 Å². The molecule has 0 saturated heterocycles. The zero-order chi connectivity index (χ0) is 68.9. The van der Waals surface area contributed by atoms with Crippen LogP contribution in [0.2, 0.25) is 0 Å². The second-order valence-electron chi connectivity index (χ2n) is 25.9. The first kappa shape index (κ1) is 61.8. The number of thiophene rings is 2. The largest absolute Gasteiger partial charge is 0.309 e. The van der Waals surface area contributed by atoms with Crippen LogP contribution in [-0.4, -0.2) is 34.1 Å². The van der Waals surface area contributed by atoms with E-state index in [1.165, 1.54) is 95.8 Å². The fourth-order valence-corrected chi connectivity index (χ4v) is 16.9. The van der Waals surface area contributed by atoms with Crippen LogP contribution in [0.3, 0.4) is 0 Å². The number of nitrogens with zero attached hydrogens (tertiary/aromatic N) is 7. The van der Waals surface area contributed by atoms with Crippen LogP contribution < -0.4 is 0 Å². The maximum Gasteiger partial charge on any atom is 0.164 e. The maximum atomic E-state index is 5.17. The van der Waals surface area contributed by atoms with E-state index >= 15 is 0 Å². The van der Waals surface area contributed by atoms with Gasteiger partial charge in [0.1, 0.15) is 0 Å². The lowest BCUT2D eigenvalue weighted by atomic mass is 10.0. The molecule has 6 heterocycles. The molecule has 0 spiro atoms. The number of rotatable bonds is 12. The maximum absolute atomic E-state index is 5.17. The average Bonchev–Trinajstić information content (AvgIpc) is 1.58. The predicted octanol–water partition coefficient (Wildman–Crippen LogP) is 25.6. The molecule has 0 fully saturated rings. The molecule has 0 aliphatic heterocycles. The van der Waals surface area contributed by atoms with Crippen molar-refractivity contribution in [2.24, 2.45) is 0 Å². The number of para-hydroxylation sites is 2. The highest BCUT2D eigenvalue weighted by atomic mass is 32.1. The SMILES string of the molecule is c1ccc(-c2ccc(-c3cc(-c4cccc(-n5c6ccccc6c6c7sc(-c8ccccc8)cc7ccc65)c4)nc(-c4ccccc4)n3)cc2)cc1.c1ccc(-c2ccc(-c3nc(-c4ccccc4)nc(-c4cccc(-n5c6ccccc6c6c7sc(-c8ccccc8)cc7ccc65)c4)n3)cc2)cc1. The molecule has 6 aromatic heterocycles. The lowest BCUT2D eigenvalue weighted by Gasteiger charge is -2.12. The van der Waals surface area contributed by atoms with Crippen LogP contribution >= 0.6 is 22.7 Å². The molecule has 104 heavy (non-hydrogen) atoms. The average molecular weight is 1360 g/mol. The summed E-state index contributed by atoms with van der Waals surface area (Å²) < 4.78 is 7.39. The van der Waals surface area contributed by atoms with Crippen molar-refractivity contribution in [3.63, 3.8) is 0 Å². The van der Waals surface area contributed by atoms with Gasteiger partial charge < -0.3 is 9.13 Å². The van der Waals surface area contributed by atoms with E-state index in [1.54, 1.807) is 0 Å². The van der Waals surface area contributed by atoms with Crippen LogP contribution in [0.1, 0.15) is 0 Å². The third-order valence-electron chi connectivity index (χ3n) is 19.5. The first-order chi connectivity index (χ1) is 51.5. The van der Waals surface area contributed by atoms with Crippen LogP contribution in [0.4, 0.5) is 0 Å². The van der Waals surface area contributed by atoms with Crippen molar-refractivity contribution in [2.75, 3.05) is 0 Å². The molecule has 0 aliphatic carbocycles. The zero-order valence-corrected chi connectivity index (χ0v) is 57.8. The second-order valence-corrected chi connectivity index (χ2v) is 28.0. The fourth-order valence-electron chi connectivity index (χ4n) is 14.4. The topological polar surface area (TPSA) is 74.3 Å². The minimum atomic E-state index is 0.631. The van der Waals surface area contributed by atoms with Crippen molar-refractivity contribution < 1.29 is 0 Å².